The zero-order valence-corrected chi connectivity index (χ0v) is 14.2. The lowest BCUT2D eigenvalue weighted by atomic mass is 9.96. The highest BCUT2D eigenvalue weighted by Gasteiger charge is 2.24. The molecule has 1 amide bonds. The van der Waals surface area contributed by atoms with Gasteiger partial charge < -0.3 is 14.8 Å². The summed E-state index contributed by atoms with van der Waals surface area (Å²) in [6.07, 6.45) is 1.58. The van der Waals surface area contributed by atoms with E-state index in [1.807, 2.05) is 36.4 Å². The first kappa shape index (κ1) is 16.9. The van der Waals surface area contributed by atoms with Crippen LogP contribution in [0.1, 0.15) is 28.5 Å². The number of rotatable bonds is 5. The maximum absolute atomic E-state index is 12.5. The first-order chi connectivity index (χ1) is 12.0. The molecule has 0 aliphatic heterocycles. The average Bonchev–Trinajstić information content (AvgIpc) is 3.15. The Hall–Kier alpha value is -2.92. The number of aromatic nitrogens is 1. The van der Waals surface area contributed by atoms with Gasteiger partial charge in [0, 0.05) is 0 Å². The minimum absolute atomic E-state index is 0.106. The zero-order valence-electron chi connectivity index (χ0n) is 14.2. The largest absolute Gasteiger partial charge is 0.463 e. The third-order valence-electron chi connectivity index (χ3n) is 4.09. The fraction of sp³-hybridized carbons (Fsp3) is 0.200. The van der Waals surface area contributed by atoms with Gasteiger partial charge in [0.2, 0.25) is 0 Å². The van der Waals surface area contributed by atoms with Gasteiger partial charge in [-0.2, -0.15) is 0 Å². The van der Waals surface area contributed by atoms with Crippen LogP contribution in [-0.4, -0.2) is 22.5 Å². The summed E-state index contributed by atoms with van der Waals surface area (Å²) in [7, 11) is 0. The standard InChI is InChI=1S/C20H20N2O3/c1-14-16(10-11-17(22-14)18-9-6-12-25-18)19(23)21-13-20(2,24)15-7-4-3-5-8-15/h3-12,24H,13H2,1-2H3,(H,21,23). The molecule has 5 nitrogen and oxygen atoms in total. The Morgan fingerprint density at radius 1 is 1.16 bits per heavy atom. The van der Waals surface area contributed by atoms with Gasteiger partial charge in [0.1, 0.15) is 11.3 Å². The molecule has 2 heterocycles. The second kappa shape index (κ2) is 6.91. The van der Waals surface area contributed by atoms with E-state index in [1.165, 1.54) is 0 Å². The number of amides is 1. The molecule has 0 saturated carbocycles. The van der Waals surface area contributed by atoms with E-state index in [4.69, 9.17) is 4.42 Å². The number of carbonyl (C=O) groups excluding carboxylic acids is 1. The molecule has 0 aliphatic rings. The molecule has 0 saturated heterocycles. The van der Waals surface area contributed by atoms with Crippen LogP contribution in [0.15, 0.2) is 65.3 Å². The van der Waals surface area contributed by atoms with E-state index in [2.05, 4.69) is 10.3 Å². The maximum Gasteiger partial charge on any atom is 0.253 e. The fourth-order valence-corrected chi connectivity index (χ4v) is 2.61. The van der Waals surface area contributed by atoms with Gasteiger partial charge >= 0.3 is 0 Å². The minimum atomic E-state index is -1.15. The van der Waals surface area contributed by atoms with E-state index in [9.17, 15) is 9.90 Å². The van der Waals surface area contributed by atoms with Crippen LogP contribution in [-0.2, 0) is 5.60 Å². The molecule has 1 atom stereocenters. The number of pyridine rings is 1. The minimum Gasteiger partial charge on any atom is -0.463 e. The van der Waals surface area contributed by atoms with Gasteiger partial charge in [-0.1, -0.05) is 30.3 Å². The summed E-state index contributed by atoms with van der Waals surface area (Å²) in [6, 6.07) is 16.3. The van der Waals surface area contributed by atoms with Crippen molar-refractivity contribution in [3.05, 3.63) is 77.7 Å². The highest BCUT2D eigenvalue weighted by molar-refractivity contribution is 5.95. The Morgan fingerprint density at radius 2 is 1.92 bits per heavy atom. The quantitative estimate of drug-likeness (QED) is 0.750. The summed E-state index contributed by atoms with van der Waals surface area (Å²) in [5.41, 5.74) is 1.35. The van der Waals surface area contributed by atoms with Gasteiger partial charge in [0.05, 0.1) is 24.1 Å². The van der Waals surface area contributed by atoms with Crippen molar-refractivity contribution in [3.8, 4) is 11.5 Å². The molecule has 0 aliphatic carbocycles. The highest BCUT2D eigenvalue weighted by Crippen LogP contribution is 2.21. The summed E-state index contributed by atoms with van der Waals surface area (Å²) < 4.78 is 5.32. The zero-order chi connectivity index (χ0) is 17.9. The van der Waals surface area contributed by atoms with Crippen molar-refractivity contribution in [2.24, 2.45) is 0 Å². The van der Waals surface area contributed by atoms with Crippen molar-refractivity contribution in [2.75, 3.05) is 6.54 Å². The monoisotopic (exact) mass is 336 g/mol. The molecule has 0 spiro atoms. The topological polar surface area (TPSA) is 75.4 Å². The number of benzene rings is 1. The Morgan fingerprint density at radius 3 is 2.56 bits per heavy atom. The van der Waals surface area contributed by atoms with E-state index in [0.717, 1.165) is 5.56 Å². The molecule has 3 rings (SSSR count). The number of nitrogens with one attached hydrogen (secondary N) is 1. The van der Waals surface area contributed by atoms with Crippen LogP contribution in [0.5, 0.6) is 0 Å². The molecule has 128 valence electrons. The smallest absolute Gasteiger partial charge is 0.253 e. The average molecular weight is 336 g/mol. The van der Waals surface area contributed by atoms with Crippen LogP contribution >= 0.6 is 0 Å². The number of nitrogens with zero attached hydrogens (tertiary/aromatic N) is 1. The lowest BCUT2D eigenvalue weighted by Gasteiger charge is -2.24. The van der Waals surface area contributed by atoms with Gasteiger partial charge in [-0.3, -0.25) is 4.79 Å². The van der Waals surface area contributed by atoms with Crippen molar-refractivity contribution in [1.82, 2.24) is 10.3 Å². The van der Waals surface area contributed by atoms with Crippen LogP contribution in [0.3, 0.4) is 0 Å². The van der Waals surface area contributed by atoms with Crippen molar-refractivity contribution in [3.63, 3.8) is 0 Å². The third kappa shape index (κ3) is 3.78. The lowest BCUT2D eigenvalue weighted by Crippen LogP contribution is -2.38. The summed E-state index contributed by atoms with van der Waals surface area (Å²) in [5, 5.41) is 13.4. The molecule has 1 aromatic carbocycles. The number of carbonyl (C=O) groups is 1. The van der Waals surface area contributed by atoms with Crippen LogP contribution < -0.4 is 5.32 Å². The molecule has 1 unspecified atom stereocenters. The molecular weight excluding hydrogens is 316 g/mol. The van der Waals surface area contributed by atoms with E-state index in [-0.39, 0.29) is 12.5 Å². The summed E-state index contributed by atoms with van der Waals surface area (Å²) in [4.78, 5) is 16.9. The SMILES string of the molecule is Cc1nc(-c2ccco2)ccc1C(=O)NCC(C)(O)c1ccccc1. The lowest BCUT2D eigenvalue weighted by molar-refractivity contribution is 0.0526. The van der Waals surface area contributed by atoms with E-state index >= 15 is 0 Å². The van der Waals surface area contributed by atoms with Gasteiger partial charge in [0.15, 0.2) is 5.76 Å². The Labute approximate surface area is 146 Å². The second-order valence-corrected chi connectivity index (χ2v) is 6.13. The highest BCUT2D eigenvalue weighted by atomic mass is 16.3. The number of aliphatic hydroxyl groups is 1. The summed E-state index contributed by atoms with van der Waals surface area (Å²) in [6.45, 7) is 3.56. The molecule has 0 radical (unpaired) electrons. The predicted octanol–water partition coefficient (Wildman–Crippen LogP) is 3.29. The Kier molecular flexibility index (Phi) is 4.67. The van der Waals surface area contributed by atoms with Crippen LogP contribution in [0, 0.1) is 6.92 Å². The van der Waals surface area contributed by atoms with Crippen molar-refractivity contribution >= 4 is 5.91 Å². The molecule has 5 heteroatoms. The molecule has 25 heavy (non-hydrogen) atoms. The Bertz CT molecular complexity index is 856. The number of furan rings is 1. The van der Waals surface area contributed by atoms with Gasteiger partial charge in [-0.25, -0.2) is 4.98 Å². The van der Waals surface area contributed by atoms with Crippen molar-refractivity contribution in [2.45, 2.75) is 19.4 Å². The van der Waals surface area contributed by atoms with Gasteiger partial charge in [-0.05, 0) is 43.7 Å². The van der Waals surface area contributed by atoms with Gasteiger partial charge in [0.25, 0.3) is 5.91 Å². The van der Waals surface area contributed by atoms with Crippen LogP contribution in [0.4, 0.5) is 0 Å². The molecule has 2 aromatic heterocycles. The van der Waals surface area contributed by atoms with E-state index in [0.29, 0.717) is 22.7 Å². The predicted molar refractivity (Wildman–Crippen MR) is 95.0 cm³/mol. The number of aryl methyl sites for hydroxylation is 1. The molecule has 0 bridgehead atoms. The number of hydrogen-bond acceptors (Lipinski definition) is 4. The van der Waals surface area contributed by atoms with Crippen LogP contribution in [0.25, 0.3) is 11.5 Å². The van der Waals surface area contributed by atoms with E-state index in [1.54, 1.807) is 38.3 Å². The second-order valence-electron chi connectivity index (χ2n) is 6.13. The van der Waals surface area contributed by atoms with Gasteiger partial charge in [-0.15, -0.1) is 0 Å². The molecule has 0 fully saturated rings. The van der Waals surface area contributed by atoms with Crippen molar-refractivity contribution in [1.29, 1.82) is 0 Å². The third-order valence-corrected chi connectivity index (χ3v) is 4.09. The van der Waals surface area contributed by atoms with Crippen molar-refractivity contribution < 1.29 is 14.3 Å². The normalized spacial score (nSPS) is 13.2. The first-order valence-electron chi connectivity index (χ1n) is 8.05. The number of hydrogen-bond donors (Lipinski definition) is 2. The Balaban J connectivity index is 1.71. The fourth-order valence-electron chi connectivity index (χ4n) is 2.61. The van der Waals surface area contributed by atoms with E-state index < -0.39 is 5.60 Å². The molecular formula is C20H20N2O3. The summed E-state index contributed by atoms with van der Waals surface area (Å²) >= 11 is 0. The first-order valence-corrected chi connectivity index (χ1v) is 8.05. The van der Waals surface area contributed by atoms with Crippen LogP contribution in [0.2, 0.25) is 0 Å². The maximum atomic E-state index is 12.5. The molecule has 2 N–H and O–H groups in total. The molecule has 3 aromatic rings. The summed E-state index contributed by atoms with van der Waals surface area (Å²) in [5.74, 6) is 0.384.